The number of likely N-dealkylation sites (N-methyl/N-ethyl adjacent to an activating group) is 1. The van der Waals surface area contributed by atoms with E-state index in [4.69, 9.17) is 9.47 Å². The molecular weight excluding hydrogens is 286 g/mol. The molecule has 0 aromatic rings. The van der Waals surface area contributed by atoms with Gasteiger partial charge in [-0.05, 0) is 19.8 Å². The number of hydrogen-bond acceptors (Lipinski definition) is 3. The topological polar surface area (TPSA) is 35.5 Å². The standard InChI is InChI=1S/C12H22NO3.BrH/c1-5-15-10-8-7-9-13(3,4)11-12(14)16-6-2;/h5-6,9-11H2,1-4H3;1H/q+1;/p-1. The van der Waals surface area contributed by atoms with Crippen LogP contribution in [0.25, 0.3) is 0 Å². The van der Waals surface area contributed by atoms with Crippen molar-refractivity contribution >= 4 is 5.97 Å². The van der Waals surface area contributed by atoms with E-state index in [1.54, 1.807) is 6.92 Å². The quantitative estimate of drug-likeness (QED) is 0.239. The van der Waals surface area contributed by atoms with E-state index in [0.717, 1.165) is 0 Å². The molecule has 0 saturated heterocycles. The van der Waals surface area contributed by atoms with Crippen molar-refractivity contribution in [2.45, 2.75) is 13.8 Å². The van der Waals surface area contributed by atoms with Gasteiger partial charge in [0, 0.05) is 6.61 Å². The van der Waals surface area contributed by atoms with E-state index in [0.29, 0.717) is 37.4 Å². The molecule has 0 fully saturated rings. The van der Waals surface area contributed by atoms with E-state index < -0.39 is 0 Å². The molecule has 0 unspecified atom stereocenters. The Hall–Kier alpha value is -0.570. The smallest absolute Gasteiger partial charge is 0.361 e. The van der Waals surface area contributed by atoms with Gasteiger partial charge in [-0.3, -0.25) is 0 Å². The van der Waals surface area contributed by atoms with Crippen LogP contribution in [0, 0.1) is 11.8 Å². The minimum absolute atomic E-state index is 0. The van der Waals surface area contributed by atoms with Gasteiger partial charge < -0.3 is 30.9 Å². The monoisotopic (exact) mass is 307 g/mol. The molecule has 0 amide bonds. The summed E-state index contributed by atoms with van der Waals surface area (Å²) in [6.07, 6.45) is 0. The first-order chi connectivity index (χ1) is 7.52. The maximum absolute atomic E-state index is 11.3. The van der Waals surface area contributed by atoms with Crippen LogP contribution in [0.1, 0.15) is 13.8 Å². The largest absolute Gasteiger partial charge is 1.00 e. The minimum Gasteiger partial charge on any atom is -1.00 e. The van der Waals surface area contributed by atoms with Gasteiger partial charge in [0.15, 0.2) is 6.54 Å². The summed E-state index contributed by atoms with van der Waals surface area (Å²) in [6.45, 7) is 6.26. The Balaban J connectivity index is 0. The molecule has 0 atom stereocenters. The lowest BCUT2D eigenvalue weighted by Gasteiger charge is -2.25. The molecule has 0 heterocycles. The Bertz CT molecular complexity index is 269. The van der Waals surface area contributed by atoms with Gasteiger partial charge in [0.1, 0.15) is 13.2 Å². The van der Waals surface area contributed by atoms with E-state index in [-0.39, 0.29) is 23.0 Å². The van der Waals surface area contributed by atoms with Gasteiger partial charge in [-0.15, -0.1) is 0 Å². The molecule has 17 heavy (non-hydrogen) atoms. The Kier molecular flexibility index (Phi) is 11.7. The van der Waals surface area contributed by atoms with Crippen LogP contribution < -0.4 is 17.0 Å². The van der Waals surface area contributed by atoms with Crippen molar-refractivity contribution in [2.75, 3.05) is 47.0 Å². The van der Waals surface area contributed by atoms with Crippen molar-refractivity contribution in [1.82, 2.24) is 0 Å². The lowest BCUT2D eigenvalue weighted by Crippen LogP contribution is -3.00. The van der Waals surface area contributed by atoms with Gasteiger partial charge in [-0.25, -0.2) is 4.79 Å². The van der Waals surface area contributed by atoms with Gasteiger partial charge in [-0.2, -0.15) is 0 Å². The third-order valence-electron chi connectivity index (χ3n) is 1.87. The van der Waals surface area contributed by atoms with Crippen molar-refractivity contribution in [3.63, 3.8) is 0 Å². The Morgan fingerprint density at radius 1 is 1.18 bits per heavy atom. The summed E-state index contributed by atoms with van der Waals surface area (Å²) in [7, 11) is 3.90. The Morgan fingerprint density at radius 2 is 1.82 bits per heavy atom. The summed E-state index contributed by atoms with van der Waals surface area (Å²) in [5, 5.41) is 0. The minimum atomic E-state index is -0.181. The first-order valence-electron chi connectivity index (χ1n) is 5.53. The number of rotatable bonds is 6. The molecule has 5 heteroatoms. The summed E-state index contributed by atoms with van der Waals surface area (Å²) in [5.41, 5.74) is 0. The fourth-order valence-corrected chi connectivity index (χ4v) is 1.09. The summed E-state index contributed by atoms with van der Waals surface area (Å²) in [6, 6.07) is 0. The number of carbonyl (C=O) groups excluding carboxylic acids is 1. The number of esters is 1. The molecular formula is C12H22BrNO3. The molecule has 0 spiro atoms. The van der Waals surface area contributed by atoms with Gasteiger partial charge in [0.05, 0.1) is 20.7 Å². The second kappa shape index (κ2) is 10.6. The predicted molar refractivity (Wildman–Crippen MR) is 62.7 cm³/mol. The third-order valence-corrected chi connectivity index (χ3v) is 1.87. The Labute approximate surface area is 115 Å². The Morgan fingerprint density at radius 3 is 2.35 bits per heavy atom. The van der Waals surface area contributed by atoms with Crippen LogP contribution in [-0.4, -0.2) is 57.5 Å². The van der Waals surface area contributed by atoms with Gasteiger partial charge >= 0.3 is 5.97 Å². The summed E-state index contributed by atoms with van der Waals surface area (Å²) >= 11 is 0. The number of halogens is 1. The number of carbonyl (C=O) groups is 1. The van der Waals surface area contributed by atoms with Crippen molar-refractivity contribution in [3.05, 3.63) is 0 Å². The predicted octanol–water partition coefficient (Wildman–Crippen LogP) is -2.33. The zero-order valence-corrected chi connectivity index (χ0v) is 12.7. The van der Waals surface area contributed by atoms with E-state index in [9.17, 15) is 4.79 Å². The second-order valence-corrected chi connectivity index (χ2v) is 4.05. The van der Waals surface area contributed by atoms with E-state index in [2.05, 4.69) is 11.8 Å². The molecule has 0 aliphatic rings. The number of hydrogen-bond donors (Lipinski definition) is 0. The van der Waals surface area contributed by atoms with Crippen LogP contribution in [0.4, 0.5) is 0 Å². The van der Waals surface area contributed by atoms with Gasteiger partial charge in [0.2, 0.25) is 0 Å². The van der Waals surface area contributed by atoms with Crippen LogP contribution in [0.2, 0.25) is 0 Å². The molecule has 0 rings (SSSR count). The molecule has 100 valence electrons. The van der Waals surface area contributed by atoms with Crippen LogP contribution in [0.5, 0.6) is 0 Å². The van der Waals surface area contributed by atoms with Crippen LogP contribution in [0.3, 0.4) is 0 Å². The van der Waals surface area contributed by atoms with Crippen molar-refractivity contribution < 1.29 is 35.7 Å². The van der Waals surface area contributed by atoms with E-state index >= 15 is 0 Å². The first kappa shape index (κ1) is 18.8. The van der Waals surface area contributed by atoms with E-state index in [1.165, 1.54) is 0 Å². The zero-order valence-electron chi connectivity index (χ0n) is 11.1. The maximum Gasteiger partial charge on any atom is 0.361 e. The molecule has 0 aliphatic carbocycles. The molecule has 0 aromatic carbocycles. The van der Waals surface area contributed by atoms with Crippen LogP contribution in [0.15, 0.2) is 0 Å². The fourth-order valence-electron chi connectivity index (χ4n) is 1.09. The highest BCUT2D eigenvalue weighted by Gasteiger charge is 2.19. The summed E-state index contributed by atoms with van der Waals surface area (Å²) in [4.78, 5) is 11.3. The van der Waals surface area contributed by atoms with Crippen molar-refractivity contribution in [1.29, 1.82) is 0 Å². The number of nitrogens with zero attached hydrogens (tertiary/aromatic N) is 1. The molecule has 0 bridgehead atoms. The highest BCUT2D eigenvalue weighted by atomic mass is 79.9. The molecule has 0 aliphatic heterocycles. The summed E-state index contributed by atoms with van der Waals surface area (Å²) < 4.78 is 10.5. The third kappa shape index (κ3) is 11.7. The molecule has 0 saturated carbocycles. The normalized spacial score (nSPS) is 9.88. The second-order valence-electron chi connectivity index (χ2n) is 4.05. The van der Waals surface area contributed by atoms with Gasteiger partial charge in [0.25, 0.3) is 0 Å². The lowest BCUT2D eigenvalue weighted by atomic mass is 10.4. The molecule has 0 radical (unpaired) electrons. The maximum atomic E-state index is 11.3. The van der Waals surface area contributed by atoms with Gasteiger partial charge in [-0.1, -0.05) is 5.92 Å². The van der Waals surface area contributed by atoms with Crippen molar-refractivity contribution in [2.24, 2.45) is 0 Å². The number of ether oxygens (including phenoxy) is 2. The molecule has 4 nitrogen and oxygen atoms in total. The van der Waals surface area contributed by atoms with Crippen molar-refractivity contribution in [3.8, 4) is 11.8 Å². The van der Waals surface area contributed by atoms with Crippen LogP contribution >= 0.6 is 0 Å². The average Bonchev–Trinajstić information content (AvgIpc) is 2.16. The fraction of sp³-hybridized carbons (Fsp3) is 0.750. The van der Waals surface area contributed by atoms with E-state index in [1.807, 2.05) is 21.0 Å². The average molecular weight is 308 g/mol. The SMILES string of the molecule is CCOCC#CC[N+](C)(C)CC(=O)OCC.[Br-]. The molecule has 0 aromatic heterocycles. The number of quaternary nitrogens is 1. The summed E-state index contributed by atoms with van der Waals surface area (Å²) in [5.74, 6) is 5.72. The van der Waals surface area contributed by atoms with Crippen LogP contribution in [-0.2, 0) is 14.3 Å². The highest BCUT2D eigenvalue weighted by molar-refractivity contribution is 5.70. The first-order valence-corrected chi connectivity index (χ1v) is 5.53. The zero-order chi connectivity index (χ0) is 12.4. The molecule has 0 N–H and O–H groups in total. The lowest BCUT2D eigenvalue weighted by molar-refractivity contribution is -0.875. The highest BCUT2D eigenvalue weighted by Crippen LogP contribution is 1.96.